The van der Waals surface area contributed by atoms with Crippen LogP contribution in [0.25, 0.3) is 0 Å². The number of rotatable bonds is 4. The third-order valence-electron chi connectivity index (χ3n) is 2.53. The molecule has 1 rings (SSSR count). The van der Waals surface area contributed by atoms with Gasteiger partial charge in [-0.3, -0.25) is 0 Å². The summed E-state index contributed by atoms with van der Waals surface area (Å²) in [7, 11) is -3.09. The van der Waals surface area contributed by atoms with Gasteiger partial charge in [0.15, 0.2) is 0 Å². The van der Waals surface area contributed by atoms with Crippen molar-refractivity contribution in [3.05, 3.63) is 0 Å². The molecule has 0 aliphatic carbocycles. The first-order chi connectivity index (χ1) is 6.52. The van der Waals surface area contributed by atoms with Gasteiger partial charge in [0.05, 0.1) is 5.25 Å². The molecule has 5 heteroatoms. The summed E-state index contributed by atoms with van der Waals surface area (Å²) in [6, 6.07) is 0. The van der Waals surface area contributed by atoms with Crippen molar-refractivity contribution in [3.63, 3.8) is 0 Å². The SMILES string of the molecule is CC(C)S(=O)(=O)NCC1CCOCC1. The Hall–Kier alpha value is -0.130. The third-order valence-corrected chi connectivity index (χ3v) is 4.34. The first kappa shape index (κ1) is 11.9. The van der Waals surface area contributed by atoms with E-state index in [1.54, 1.807) is 13.8 Å². The van der Waals surface area contributed by atoms with Gasteiger partial charge in [0.2, 0.25) is 10.0 Å². The zero-order valence-electron chi connectivity index (χ0n) is 8.82. The predicted molar refractivity (Wildman–Crippen MR) is 55.6 cm³/mol. The van der Waals surface area contributed by atoms with E-state index in [2.05, 4.69) is 4.72 Å². The molecule has 1 fully saturated rings. The molecule has 4 nitrogen and oxygen atoms in total. The van der Waals surface area contributed by atoms with E-state index < -0.39 is 10.0 Å². The molecule has 0 aromatic heterocycles. The maximum absolute atomic E-state index is 11.4. The van der Waals surface area contributed by atoms with Crippen molar-refractivity contribution < 1.29 is 13.2 Å². The molecule has 0 amide bonds. The average molecular weight is 221 g/mol. The lowest BCUT2D eigenvalue weighted by atomic mass is 10.0. The number of nitrogens with one attached hydrogen (secondary N) is 1. The van der Waals surface area contributed by atoms with Gasteiger partial charge in [-0.05, 0) is 32.6 Å². The van der Waals surface area contributed by atoms with Gasteiger partial charge >= 0.3 is 0 Å². The zero-order valence-corrected chi connectivity index (χ0v) is 9.64. The molecule has 1 aliphatic heterocycles. The highest BCUT2D eigenvalue weighted by Crippen LogP contribution is 2.13. The third kappa shape index (κ3) is 3.55. The molecule has 0 aromatic rings. The molecular formula is C9H19NO3S. The second-order valence-corrected chi connectivity index (χ2v) is 6.32. The minimum Gasteiger partial charge on any atom is -0.381 e. The van der Waals surface area contributed by atoms with Crippen molar-refractivity contribution in [1.82, 2.24) is 4.72 Å². The van der Waals surface area contributed by atoms with Crippen LogP contribution in [0.4, 0.5) is 0 Å². The molecule has 0 spiro atoms. The molecule has 0 unspecified atom stereocenters. The van der Waals surface area contributed by atoms with E-state index in [9.17, 15) is 8.42 Å². The summed E-state index contributed by atoms with van der Waals surface area (Å²) in [5.41, 5.74) is 0. The van der Waals surface area contributed by atoms with Gasteiger partial charge < -0.3 is 4.74 Å². The molecule has 0 saturated carbocycles. The molecule has 1 N–H and O–H groups in total. The molecule has 1 saturated heterocycles. The lowest BCUT2D eigenvalue weighted by Crippen LogP contribution is -2.36. The van der Waals surface area contributed by atoms with E-state index in [1.165, 1.54) is 0 Å². The van der Waals surface area contributed by atoms with Crippen LogP contribution in [0.5, 0.6) is 0 Å². The fraction of sp³-hybridized carbons (Fsp3) is 1.00. The smallest absolute Gasteiger partial charge is 0.213 e. The van der Waals surface area contributed by atoms with Gasteiger partial charge in [-0.15, -0.1) is 0 Å². The highest BCUT2D eigenvalue weighted by molar-refractivity contribution is 7.90. The quantitative estimate of drug-likeness (QED) is 0.762. The average Bonchev–Trinajstić information content (AvgIpc) is 2.16. The Morgan fingerprint density at radius 3 is 2.43 bits per heavy atom. The Morgan fingerprint density at radius 1 is 1.36 bits per heavy atom. The normalized spacial score (nSPS) is 20.2. The number of hydrogen-bond acceptors (Lipinski definition) is 3. The van der Waals surface area contributed by atoms with E-state index >= 15 is 0 Å². The van der Waals surface area contributed by atoms with Crippen LogP contribution >= 0.6 is 0 Å². The summed E-state index contributed by atoms with van der Waals surface area (Å²) < 4.78 is 30.7. The summed E-state index contributed by atoms with van der Waals surface area (Å²) in [5, 5.41) is -0.345. The zero-order chi connectivity index (χ0) is 10.6. The minimum atomic E-state index is -3.09. The van der Waals surface area contributed by atoms with Crippen molar-refractivity contribution in [2.75, 3.05) is 19.8 Å². The van der Waals surface area contributed by atoms with Gasteiger partial charge in [-0.1, -0.05) is 0 Å². The molecule has 0 atom stereocenters. The summed E-state index contributed by atoms with van der Waals surface area (Å²) in [6.45, 7) is 5.45. The molecule has 1 aliphatic rings. The Labute approximate surface area is 86.1 Å². The van der Waals surface area contributed by atoms with Crippen LogP contribution < -0.4 is 4.72 Å². The lowest BCUT2D eigenvalue weighted by Gasteiger charge is -2.22. The van der Waals surface area contributed by atoms with Gasteiger partial charge in [0.25, 0.3) is 0 Å². The van der Waals surface area contributed by atoms with Gasteiger partial charge in [0.1, 0.15) is 0 Å². The van der Waals surface area contributed by atoms with Crippen molar-refractivity contribution >= 4 is 10.0 Å². The van der Waals surface area contributed by atoms with Gasteiger partial charge in [0, 0.05) is 19.8 Å². The minimum absolute atomic E-state index is 0.345. The van der Waals surface area contributed by atoms with Crippen LogP contribution in [0.15, 0.2) is 0 Å². The Morgan fingerprint density at radius 2 is 1.93 bits per heavy atom. The molecule has 0 aromatic carbocycles. The first-order valence-corrected chi connectivity index (χ1v) is 6.63. The Kier molecular flexibility index (Phi) is 4.34. The number of hydrogen-bond donors (Lipinski definition) is 1. The van der Waals surface area contributed by atoms with E-state index in [1.807, 2.05) is 0 Å². The van der Waals surface area contributed by atoms with Crippen LogP contribution in [0, 0.1) is 5.92 Å². The largest absolute Gasteiger partial charge is 0.381 e. The van der Waals surface area contributed by atoms with Crippen LogP contribution in [0.3, 0.4) is 0 Å². The highest BCUT2D eigenvalue weighted by Gasteiger charge is 2.19. The van der Waals surface area contributed by atoms with Crippen molar-refractivity contribution in [3.8, 4) is 0 Å². The van der Waals surface area contributed by atoms with E-state index in [0.29, 0.717) is 12.5 Å². The Balaban J connectivity index is 2.32. The standard InChI is InChI=1S/C9H19NO3S/c1-8(2)14(11,12)10-7-9-3-5-13-6-4-9/h8-10H,3-7H2,1-2H3. The van der Waals surface area contributed by atoms with Crippen molar-refractivity contribution in [1.29, 1.82) is 0 Å². The van der Waals surface area contributed by atoms with Crippen LogP contribution in [-0.2, 0) is 14.8 Å². The molecule has 0 bridgehead atoms. The van der Waals surface area contributed by atoms with Crippen LogP contribution in [-0.4, -0.2) is 33.4 Å². The monoisotopic (exact) mass is 221 g/mol. The summed E-state index contributed by atoms with van der Waals surface area (Å²) >= 11 is 0. The van der Waals surface area contributed by atoms with E-state index in [0.717, 1.165) is 26.1 Å². The summed E-state index contributed by atoms with van der Waals surface area (Å²) in [4.78, 5) is 0. The topological polar surface area (TPSA) is 55.4 Å². The second kappa shape index (κ2) is 5.09. The molecule has 84 valence electrons. The van der Waals surface area contributed by atoms with Crippen molar-refractivity contribution in [2.45, 2.75) is 31.9 Å². The van der Waals surface area contributed by atoms with Crippen molar-refractivity contribution in [2.24, 2.45) is 5.92 Å². The molecule has 14 heavy (non-hydrogen) atoms. The van der Waals surface area contributed by atoms with Crippen LogP contribution in [0.2, 0.25) is 0 Å². The highest BCUT2D eigenvalue weighted by atomic mass is 32.2. The number of sulfonamides is 1. The summed E-state index contributed by atoms with van der Waals surface area (Å²) in [6.07, 6.45) is 1.92. The maximum Gasteiger partial charge on any atom is 0.213 e. The maximum atomic E-state index is 11.4. The fourth-order valence-electron chi connectivity index (χ4n) is 1.35. The summed E-state index contributed by atoms with van der Waals surface area (Å²) in [5.74, 6) is 0.442. The number of ether oxygens (including phenoxy) is 1. The van der Waals surface area contributed by atoms with E-state index in [4.69, 9.17) is 4.74 Å². The van der Waals surface area contributed by atoms with Gasteiger partial charge in [-0.2, -0.15) is 0 Å². The van der Waals surface area contributed by atoms with Gasteiger partial charge in [-0.25, -0.2) is 13.1 Å². The fourth-order valence-corrected chi connectivity index (χ4v) is 2.15. The molecule has 1 heterocycles. The Bertz CT molecular complexity index is 255. The van der Waals surface area contributed by atoms with Crippen LogP contribution in [0.1, 0.15) is 26.7 Å². The first-order valence-electron chi connectivity index (χ1n) is 5.08. The molecule has 0 radical (unpaired) electrons. The molecular weight excluding hydrogens is 202 g/mol. The second-order valence-electron chi connectivity index (χ2n) is 4.00. The predicted octanol–water partition coefficient (Wildman–Crippen LogP) is 0.741. The van der Waals surface area contributed by atoms with E-state index in [-0.39, 0.29) is 5.25 Å². The lowest BCUT2D eigenvalue weighted by molar-refractivity contribution is 0.0678.